The molecule has 6 heteroatoms. The van der Waals surface area contributed by atoms with E-state index in [1.807, 2.05) is 6.29 Å². The molecule has 0 aromatic heterocycles. The molecule has 0 radical (unpaired) electrons. The fourth-order valence-corrected chi connectivity index (χ4v) is 1.39. The minimum absolute atomic E-state index is 0.00181. The summed E-state index contributed by atoms with van der Waals surface area (Å²) in [7, 11) is 4.49. The first-order valence-corrected chi connectivity index (χ1v) is 8.53. The van der Waals surface area contributed by atoms with Crippen LogP contribution in [0, 0.1) is 5.92 Å². The molecular formula is C13H28ClN2O2Pd-. The van der Waals surface area contributed by atoms with Crippen LogP contribution in [0.4, 0.5) is 0 Å². The number of aliphatic hydroxyl groups is 1. The van der Waals surface area contributed by atoms with Crippen molar-refractivity contribution in [2.45, 2.75) is 46.6 Å². The molecule has 0 aliphatic rings. The van der Waals surface area contributed by atoms with Gasteiger partial charge in [-0.3, -0.25) is 6.29 Å². The van der Waals surface area contributed by atoms with E-state index in [9.17, 15) is 4.79 Å². The fourth-order valence-electron chi connectivity index (χ4n) is 1.39. The summed E-state index contributed by atoms with van der Waals surface area (Å²) < 4.78 is 0. The summed E-state index contributed by atoms with van der Waals surface area (Å²) in [5.41, 5.74) is 7.10. The average Bonchev–Trinajstić information content (AvgIpc) is 2.42. The van der Waals surface area contributed by atoms with Gasteiger partial charge in [0.05, 0.1) is 0 Å². The van der Waals surface area contributed by atoms with Crippen molar-refractivity contribution in [3.8, 4) is 0 Å². The Kier molecular flexibility index (Phi) is 26.9. The molecule has 0 amide bonds. The predicted octanol–water partition coefficient (Wildman–Crippen LogP) is 2.96. The second-order valence-electron chi connectivity index (χ2n) is 4.43. The van der Waals surface area contributed by atoms with Crippen LogP contribution in [0.3, 0.4) is 0 Å². The van der Waals surface area contributed by atoms with Crippen LogP contribution < -0.4 is 0 Å². The first kappa shape index (κ1) is 24.5. The van der Waals surface area contributed by atoms with Gasteiger partial charge in [-0.15, -0.1) is 12.5 Å². The van der Waals surface area contributed by atoms with Crippen LogP contribution in [0.5, 0.6) is 0 Å². The van der Waals surface area contributed by atoms with E-state index in [-0.39, 0.29) is 12.6 Å². The van der Waals surface area contributed by atoms with Gasteiger partial charge in [-0.2, -0.15) is 0 Å². The molecule has 0 heterocycles. The van der Waals surface area contributed by atoms with Gasteiger partial charge in [-0.25, -0.2) is 0 Å². The Labute approximate surface area is 133 Å². The van der Waals surface area contributed by atoms with Crippen LogP contribution in [0.2, 0.25) is 0 Å². The van der Waals surface area contributed by atoms with Gasteiger partial charge in [0.15, 0.2) is 0 Å². The summed E-state index contributed by atoms with van der Waals surface area (Å²) in [5.74, 6) is 0.532. The molecule has 0 fully saturated rings. The molecule has 0 aliphatic heterocycles. The molecule has 19 heavy (non-hydrogen) atoms. The maximum absolute atomic E-state index is 9.79. The number of hydrogen-bond acceptors (Lipinski definition) is 3. The molecule has 0 aliphatic carbocycles. The Morgan fingerprint density at radius 3 is 2.00 bits per heavy atom. The van der Waals surface area contributed by atoms with Crippen molar-refractivity contribution in [3.05, 3.63) is 5.73 Å². The quantitative estimate of drug-likeness (QED) is 0.515. The number of halogens is 1. The summed E-state index contributed by atoms with van der Waals surface area (Å²) in [6, 6.07) is -0.269. The number of carbonyl (C=O) groups excluding carboxylic acids is 1. The Bertz CT molecular complexity index is 171. The topological polar surface area (TPSA) is 64.3 Å². The molecule has 0 saturated heterocycles. The molecule has 0 spiro atoms. The van der Waals surface area contributed by atoms with Gasteiger partial charge in [-0.1, -0.05) is 34.1 Å². The van der Waals surface area contributed by atoms with Crippen LogP contribution in [0.1, 0.15) is 40.5 Å². The van der Waals surface area contributed by atoms with Gasteiger partial charge < -0.3 is 20.5 Å². The third-order valence-corrected chi connectivity index (χ3v) is 2.40. The maximum atomic E-state index is 9.79. The number of nitrogens with zero attached hydrogens (tertiary/aromatic N) is 1. The van der Waals surface area contributed by atoms with Crippen molar-refractivity contribution >= 4 is 15.8 Å². The number of aliphatic hydroxyl groups excluding tert-OH is 1. The second kappa shape index (κ2) is 20.8. The third kappa shape index (κ3) is 24.0. The Hall–Kier alpha value is 0.502. The van der Waals surface area contributed by atoms with Gasteiger partial charge in [0.25, 0.3) is 0 Å². The first-order chi connectivity index (χ1) is 9.01. The van der Waals surface area contributed by atoms with E-state index in [0.29, 0.717) is 12.3 Å². The number of rotatable bonds is 8. The predicted molar refractivity (Wildman–Crippen MR) is 78.6 cm³/mol. The monoisotopic (exact) mass is 385 g/mol. The van der Waals surface area contributed by atoms with E-state index >= 15 is 0 Å². The van der Waals surface area contributed by atoms with Gasteiger partial charge in [0.1, 0.15) is 0 Å². The van der Waals surface area contributed by atoms with Gasteiger partial charge in [0, 0.05) is 6.61 Å². The van der Waals surface area contributed by atoms with Crippen LogP contribution in [0.25, 0.3) is 5.73 Å². The Morgan fingerprint density at radius 1 is 1.32 bits per heavy atom. The summed E-state index contributed by atoms with van der Waals surface area (Å²) in [6.07, 6.45) is 3.22. The molecule has 0 bridgehead atoms. The number of nitrogens with one attached hydrogen (secondary N) is 1. The Morgan fingerprint density at radius 2 is 1.79 bits per heavy atom. The zero-order chi connectivity index (χ0) is 15.7. The fraction of sp³-hybridized carbons (Fsp3) is 0.923. The Balaban J connectivity index is -0.000000239. The summed E-state index contributed by atoms with van der Waals surface area (Å²) in [5, 5.41) is 8.40. The van der Waals surface area contributed by atoms with E-state index in [1.165, 1.54) is 0 Å². The molecule has 1 atom stereocenters. The van der Waals surface area contributed by atoms with Crippen LogP contribution >= 0.6 is 9.53 Å². The SMILES string of the molecule is CC(C)CC([NH-])CO.CCN(CC)CC[C-]=O.[Cl][Pd+]. The van der Waals surface area contributed by atoms with Gasteiger partial charge in [0.2, 0.25) is 0 Å². The number of hydrogen-bond donors (Lipinski definition) is 1. The van der Waals surface area contributed by atoms with Gasteiger partial charge in [-0.05, 0) is 25.6 Å². The van der Waals surface area contributed by atoms with E-state index in [1.54, 1.807) is 0 Å². The van der Waals surface area contributed by atoms with E-state index in [4.69, 9.17) is 10.8 Å². The summed E-state index contributed by atoms with van der Waals surface area (Å²) >= 11 is 2.22. The molecule has 0 aromatic rings. The molecular weight excluding hydrogens is 358 g/mol. The molecule has 0 saturated carbocycles. The third-order valence-electron chi connectivity index (χ3n) is 2.40. The molecule has 0 aromatic carbocycles. The van der Waals surface area contributed by atoms with Crippen LogP contribution in [-0.4, -0.2) is 48.6 Å². The molecule has 0 rings (SSSR count). The molecule has 1 unspecified atom stereocenters. The normalized spacial score (nSPS) is 11.3. The van der Waals surface area contributed by atoms with Crippen molar-refractivity contribution < 1.29 is 28.1 Å². The van der Waals surface area contributed by atoms with Crippen molar-refractivity contribution in [3.63, 3.8) is 0 Å². The molecule has 2 N–H and O–H groups in total. The van der Waals surface area contributed by atoms with Crippen molar-refractivity contribution in [2.24, 2.45) is 5.92 Å². The molecule has 4 nitrogen and oxygen atoms in total. The van der Waals surface area contributed by atoms with E-state index < -0.39 is 0 Å². The molecule has 120 valence electrons. The van der Waals surface area contributed by atoms with E-state index in [0.717, 1.165) is 26.1 Å². The van der Waals surface area contributed by atoms with Crippen LogP contribution in [0.15, 0.2) is 0 Å². The van der Waals surface area contributed by atoms with Gasteiger partial charge >= 0.3 is 27.7 Å². The second-order valence-corrected chi connectivity index (χ2v) is 4.43. The zero-order valence-corrected chi connectivity index (χ0v) is 14.7. The summed E-state index contributed by atoms with van der Waals surface area (Å²) in [4.78, 5) is 12.0. The van der Waals surface area contributed by atoms with E-state index in [2.05, 4.69) is 60.3 Å². The minimum atomic E-state index is -0.269. The van der Waals surface area contributed by atoms with Crippen molar-refractivity contribution in [1.29, 1.82) is 0 Å². The zero-order valence-electron chi connectivity index (χ0n) is 12.4. The van der Waals surface area contributed by atoms with Crippen LogP contribution in [-0.2, 0) is 23.0 Å². The summed E-state index contributed by atoms with van der Waals surface area (Å²) in [6.45, 7) is 11.2. The standard InChI is InChI=1S/C7H14NO.C6H14NO.ClH.Pd/c1-3-8(4-2)6-5-7-9;1-5(2)3-6(7)4-8;;/h3-6H2,1-2H3;5-8H,3-4H2,1-2H3;1H;/q2*-1;;+2/p-1. The first-order valence-electron chi connectivity index (χ1n) is 6.52. The average molecular weight is 386 g/mol. The van der Waals surface area contributed by atoms with Crippen molar-refractivity contribution in [2.75, 3.05) is 26.2 Å². The van der Waals surface area contributed by atoms with Crippen molar-refractivity contribution in [1.82, 2.24) is 4.90 Å².